The molecule has 2 rings (SSSR count). The van der Waals surface area contributed by atoms with E-state index in [2.05, 4.69) is 39.7 Å². The Bertz CT molecular complexity index is 611. The lowest BCUT2D eigenvalue weighted by Gasteiger charge is -2.35. The Hall–Kier alpha value is -2.35. The molecule has 0 radical (unpaired) electrons. The number of likely N-dealkylation sites (tertiary alicyclic amines) is 1. The Morgan fingerprint density at radius 3 is 2.62 bits per heavy atom. The topological polar surface area (TPSA) is 94.8 Å². The van der Waals surface area contributed by atoms with Crippen LogP contribution in [0.1, 0.15) is 26.7 Å². The molecule has 0 aromatic heterocycles. The van der Waals surface area contributed by atoms with E-state index in [-0.39, 0.29) is 10.6 Å². The molecule has 1 aliphatic heterocycles. The van der Waals surface area contributed by atoms with Crippen molar-refractivity contribution in [3.05, 3.63) is 34.4 Å². The number of benzene rings is 1. The number of aliphatic imine (C=N–C) groups is 1. The van der Waals surface area contributed by atoms with Crippen LogP contribution < -0.4 is 16.0 Å². The van der Waals surface area contributed by atoms with Crippen LogP contribution in [-0.2, 0) is 0 Å². The van der Waals surface area contributed by atoms with Gasteiger partial charge in [0, 0.05) is 51.4 Å². The second kappa shape index (κ2) is 9.96. The van der Waals surface area contributed by atoms with Gasteiger partial charge in [-0.05, 0) is 32.8 Å². The average molecular weight is 362 g/mol. The molecule has 0 bridgehead atoms. The second-order valence-corrected chi connectivity index (χ2v) is 6.75. The molecule has 144 valence electrons. The number of nitrogens with one attached hydrogen (secondary N) is 3. The van der Waals surface area contributed by atoms with Crippen molar-refractivity contribution in [2.75, 3.05) is 38.5 Å². The van der Waals surface area contributed by atoms with Crippen LogP contribution in [0.25, 0.3) is 0 Å². The monoisotopic (exact) mass is 362 g/mol. The Kier molecular flexibility index (Phi) is 7.65. The summed E-state index contributed by atoms with van der Waals surface area (Å²) < 4.78 is 0. The zero-order chi connectivity index (χ0) is 18.9. The van der Waals surface area contributed by atoms with Crippen molar-refractivity contribution in [1.29, 1.82) is 0 Å². The normalized spacial score (nSPS) is 16.5. The largest absolute Gasteiger partial charge is 0.378 e. The number of nitrogens with zero attached hydrogens (tertiary/aromatic N) is 3. The molecule has 0 amide bonds. The van der Waals surface area contributed by atoms with Gasteiger partial charge in [-0.15, -0.1) is 0 Å². The maximum absolute atomic E-state index is 11.0. The quantitative estimate of drug-likeness (QED) is 0.226. The van der Waals surface area contributed by atoms with Crippen molar-refractivity contribution in [2.24, 2.45) is 4.99 Å². The molecule has 8 nitrogen and oxygen atoms in total. The van der Waals surface area contributed by atoms with Crippen molar-refractivity contribution >= 4 is 17.3 Å². The molecular formula is C18H30N6O2. The highest BCUT2D eigenvalue weighted by atomic mass is 16.6. The molecule has 8 heteroatoms. The van der Waals surface area contributed by atoms with Crippen LogP contribution in [0.4, 0.5) is 11.4 Å². The molecule has 26 heavy (non-hydrogen) atoms. The van der Waals surface area contributed by atoms with E-state index in [4.69, 9.17) is 0 Å². The molecule has 3 N–H and O–H groups in total. The first-order valence-corrected chi connectivity index (χ1v) is 9.19. The molecule has 1 aromatic carbocycles. The van der Waals surface area contributed by atoms with E-state index >= 15 is 0 Å². The summed E-state index contributed by atoms with van der Waals surface area (Å²) in [5.74, 6) is 0.775. The molecule has 0 spiro atoms. The molecule has 0 aliphatic carbocycles. The van der Waals surface area contributed by atoms with Crippen LogP contribution >= 0.6 is 0 Å². The van der Waals surface area contributed by atoms with Crippen LogP contribution in [0, 0.1) is 10.1 Å². The molecule has 0 atom stereocenters. The minimum atomic E-state index is -0.375. The van der Waals surface area contributed by atoms with Gasteiger partial charge in [0.15, 0.2) is 5.96 Å². The Morgan fingerprint density at radius 2 is 2.00 bits per heavy atom. The van der Waals surface area contributed by atoms with Gasteiger partial charge >= 0.3 is 0 Å². The predicted octanol–water partition coefficient (Wildman–Crippen LogP) is 2.04. The Morgan fingerprint density at radius 1 is 1.31 bits per heavy atom. The molecule has 1 aliphatic rings. The SMILES string of the molecule is CN=C(NCCNc1ccccc1[N+](=O)[O-])NC1CCN(C(C)C)CC1. The summed E-state index contributed by atoms with van der Waals surface area (Å²) in [4.78, 5) is 17.4. The molecule has 1 saturated heterocycles. The number of nitro groups is 1. The van der Waals surface area contributed by atoms with Crippen molar-refractivity contribution in [1.82, 2.24) is 15.5 Å². The van der Waals surface area contributed by atoms with Crippen molar-refractivity contribution in [2.45, 2.75) is 38.8 Å². The second-order valence-electron chi connectivity index (χ2n) is 6.75. The summed E-state index contributed by atoms with van der Waals surface area (Å²) >= 11 is 0. The van der Waals surface area contributed by atoms with Gasteiger partial charge in [-0.25, -0.2) is 0 Å². The number of rotatable bonds is 7. The van der Waals surface area contributed by atoms with Crippen molar-refractivity contribution < 1.29 is 4.92 Å². The minimum absolute atomic E-state index is 0.0897. The predicted molar refractivity (Wildman–Crippen MR) is 106 cm³/mol. The first-order valence-electron chi connectivity index (χ1n) is 9.19. The van der Waals surface area contributed by atoms with Gasteiger partial charge in [0.05, 0.1) is 4.92 Å². The van der Waals surface area contributed by atoms with E-state index in [0.717, 1.165) is 31.9 Å². The Labute approximate surface area is 155 Å². The molecule has 0 saturated carbocycles. The summed E-state index contributed by atoms with van der Waals surface area (Å²) in [5, 5.41) is 20.8. The van der Waals surface area contributed by atoms with Crippen LogP contribution in [0.3, 0.4) is 0 Å². The number of hydrogen-bond acceptors (Lipinski definition) is 5. The lowest BCUT2D eigenvalue weighted by Crippen LogP contribution is -2.50. The van der Waals surface area contributed by atoms with Gasteiger partial charge in [-0.3, -0.25) is 15.1 Å². The van der Waals surface area contributed by atoms with Gasteiger partial charge in [-0.1, -0.05) is 12.1 Å². The third kappa shape index (κ3) is 5.87. The van der Waals surface area contributed by atoms with E-state index in [1.54, 1.807) is 25.2 Å². The third-order valence-corrected chi connectivity index (χ3v) is 4.66. The fraction of sp³-hybridized carbons (Fsp3) is 0.611. The first-order chi connectivity index (χ1) is 12.5. The third-order valence-electron chi connectivity index (χ3n) is 4.66. The van der Waals surface area contributed by atoms with E-state index in [1.165, 1.54) is 6.07 Å². The molecule has 0 unspecified atom stereocenters. The number of guanidine groups is 1. The standard InChI is InChI=1S/C18H30N6O2/c1-14(2)23-12-8-15(9-13-23)22-18(19-3)21-11-10-20-16-6-4-5-7-17(16)24(25)26/h4-7,14-15,20H,8-13H2,1-3H3,(H2,19,21,22). The lowest BCUT2D eigenvalue weighted by molar-refractivity contribution is -0.384. The summed E-state index contributed by atoms with van der Waals surface area (Å²) in [6.45, 7) is 7.86. The highest BCUT2D eigenvalue weighted by molar-refractivity contribution is 5.80. The highest BCUT2D eigenvalue weighted by Crippen LogP contribution is 2.22. The van der Waals surface area contributed by atoms with Crippen LogP contribution in [0.5, 0.6) is 0 Å². The first kappa shape index (κ1) is 20.0. The number of hydrogen-bond donors (Lipinski definition) is 3. The highest BCUT2D eigenvalue weighted by Gasteiger charge is 2.21. The van der Waals surface area contributed by atoms with Crippen LogP contribution in [-0.4, -0.2) is 61.1 Å². The number of nitro benzene ring substituents is 1. The van der Waals surface area contributed by atoms with E-state index in [0.29, 0.717) is 30.9 Å². The molecular weight excluding hydrogens is 332 g/mol. The summed E-state index contributed by atoms with van der Waals surface area (Å²) in [5.41, 5.74) is 0.621. The van der Waals surface area contributed by atoms with Gasteiger partial charge < -0.3 is 20.9 Å². The van der Waals surface area contributed by atoms with Gasteiger partial charge in [0.1, 0.15) is 5.69 Å². The minimum Gasteiger partial charge on any atom is -0.378 e. The van der Waals surface area contributed by atoms with Gasteiger partial charge in [-0.2, -0.15) is 0 Å². The Balaban J connectivity index is 1.72. The number of anilines is 1. The van der Waals surface area contributed by atoms with Crippen molar-refractivity contribution in [3.63, 3.8) is 0 Å². The maximum Gasteiger partial charge on any atom is 0.292 e. The lowest BCUT2D eigenvalue weighted by atomic mass is 10.0. The number of para-hydroxylation sites is 2. The summed E-state index contributed by atoms with van der Waals surface area (Å²) in [7, 11) is 1.76. The van der Waals surface area contributed by atoms with Gasteiger partial charge in [0.25, 0.3) is 5.69 Å². The summed E-state index contributed by atoms with van der Waals surface area (Å²) in [6.07, 6.45) is 2.21. The fourth-order valence-electron chi connectivity index (χ4n) is 3.11. The fourth-order valence-corrected chi connectivity index (χ4v) is 3.11. The van der Waals surface area contributed by atoms with E-state index in [9.17, 15) is 10.1 Å². The molecule has 1 fully saturated rings. The van der Waals surface area contributed by atoms with Crippen LogP contribution in [0.2, 0.25) is 0 Å². The zero-order valence-corrected chi connectivity index (χ0v) is 15.9. The van der Waals surface area contributed by atoms with E-state index in [1.807, 2.05) is 0 Å². The zero-order valence-electron chi connectivity index (χ0n) is 15.9. The molecule has 1 heterocycles. The molecule has 1 aromatic rings. The maximum atomic E-state index is 11.0. The summed E-state index contributed by atoms with van der Waals surface area (Å²) in [6, 6.07) is 7.69. The average Bonchev–Trinajstić information content (AvgIpc) is 2.64. The van der Waals surface area contributed by atoms with Crippen LogP contribution in [0.15, 0.2) is 29.3 Å². The van der Waals surface area contributed by atoms with Gasteiger partial charge in [0.2, 0.25) is 0 Å². The van der Waals surface area contributed by atoms with E-state index < -0.39 is 0 Å². The van der Waals surface area contributed by atoms with Crippen molar-refractivity contribution in [3.8, 4) is 0 Å². The number of piperidine rings is 1. The smallest absolute Gasteiger partial charge is 0.292 e.